The highest BCUT2D eigenvalue weighted by Crippen LogP contribution is 2.11. The van der Waals surface area contributed by atoms with Crippen molar-refractivity contribution in [3.8, 4) is 0 Å². The van der Waals surface area contributed by atoms with Crippen LogP contribution >= 0.6 is 0 Å². The van der Waals surface area contributed by atoms with Gasteiger partial charge in [0.25, 0.3) is 0 Å². The van der Waals surface area contributed by atoms with Crippen LogP contribution in [-0.4, -0.2) is 25.2 Å². The van der Waals surface area contributed by atoms with E-state index in [0.717, 1.165) is 12.8 Å². The van der Waals surface area contributed by atoms with E-state index in [1.165, 1.54) is 26.4 Å². The fourth-order valence-corrected chi connectivity index (χ4v) is 2.02. The van der Waals surface area contributed by atoms with E-state index in [1.807, 2.05) is 19.9 Å². The van der Waals surface area contributed by atoms with Gasteiger partial charge >= 0.3 is 5.97 Å². The zero-order chi connectivity index (χ0) is 14.0. The Bertz CT molecular complexity index is 239. The summed E-state index contributed by atoms with van der Waals surface area (Å²) in [7, 11) is 1.44. The molecule has 0 spiro atoms. The van der Waals surface area contributed by atoms with Crippen LogP contribution < -0.4 is 5.32 Å². The molecule has 0 rings (SSSR count). The van der Waals surface area contributed by atoms with E-state index in [2.05, 4.69) is 18.8 Å². The van der Waals surface area contributed by atoms with E-state index in [0.29, 0.717) is 6.04 Å². The smallest absolute Gasteiger partial charge is 0.323 e. The first kappa shape index (κ1) is 17.2. The summed E-state index contributed by atoms with van der Waals surface area (Å²) in [5.74, 6) is 0.0606. The van der Waals surface area contributed by atoms with Gasteiger partial charge in [-0.2, -0.15) is 0 Å². The van der Waals surface area contributed by atoms with E-state index >= 15 is 0 Å². The quantitative estimate of drug-likeness (QED) is 0.370. The summed E-state index contributed by atoms with van der Waals surface area (Å²) < 4.78 is 4.85. The number of hydrogen-bond donors (Lipinski definition) is 1. The maximum Gasteiger partial charge on any atom is 0.323 e. The lowest BCUT2D eigenvalue weighted by Crippen LogP contribution is -2.47. The summed E-state index contributed by atoms with van der Waals surface area (Å²) in [5, 5.41) is 3.42. The molecule has 0 aromatic heterocycles. The van der Waals surface area contributed by atoms with Gasteiger partial charge < -0.3 is 10.1 Å². The largest absolute Gasteiger partial charge is 0.468 e. The standard InChI is InChI=1S/C15H29NO2/c1-6-8-9-11-13(10-7-2)16-14(12(3)4)15(17)18-5/h7,12-14,16H,2,6,8-11H2,1,3-5H3/t13-,14+/m1/s1. The molecule has 0 saturated carbocycles. The Morgan fingerprint density at radius 1 is 1.39 bits per heavy atom. The Morgan fingerprint density at radius 2 is 2.06 bits per heavy atom. The Labute approximate surface area is 112 Å². The van der Waals surface area contributed by atoms with Gasteiger partial charge in [0.15, 0.2) is 0 Å². The van der Waals surface area contributed by atoms with Gasteiger partial charge in [-0.15, -0.1) is 6.58 Å². The molecule has 1 N–H and O–H groups in total. The van der Waals surface area contributed by atoms with Crippen LogP contribution in [-0.2, 0) is 9.53 Å². The summed E-state index contributed by atoms with van der Waals surface area (Å²) in [5.41, 5.74) is 0. The molecule has 2 atom stereocenters. The highest BCUT2D eigenvalue weighted by molar-refractivity contribution is 5.75. The Hall–Kier alpha value is -0.830. The first-order valence-electron chi connectivity index (χ1n) is 7.01. The number of rotatable bonds is 10. The van der Waals surface area contributed by atoms with Crippen molar-refractivity contribution in [3.05, 3.63) is 12.7 Å². The second-order valence-corrected chi connectivity index (χ2v) is 5.13. The number of nitrogens with one attached hydrogen (secondary N) is 1. The third kappa shape index (κ3) is 6.80. The van der Waals surface area contributed by atoms with Crippen LogP contribution in [0.2, 0.25) is 0 Å². The molecule has 3 heteroatoms. The van der Waals surface area contributed by atoms with Crippen molar-refractivity contribution in [2.45, 2.75) is 65.0 Å². The fourth-order valence-electron chi connectivity index (χ4n) is 2.02. The molecule has 0 aromatic rings. The Balaban J connectivity index is 4.40. The predicted octanol–water partition coefficient (Wildman–Crippen LogP) is 3.30. The third-order valence-corrected chi connectivity index (χ3v) is 3.14. The van der Waals surface area contributed by atoms with Gasteiger partial charge in [-0.05, 0) is 18.8 Å². The van der Waals surface area contributed by atoms with Crippen LogP contribution in [0, 0.1) is 5.92 Å². The van der Waals surface area contributed by atoms with Crippen molar-refractivity contribution >= 4 is 5.97 Å². The van der Waals surface area contributed by atoms with Crippen molar-refractivity contribution in [2.24, 2.45) is 5.92 Å². The van der Waals surface area contributed by atoms with Gasteiger partial charge in [-0.3, -0.25) is 4.79 Å². The molecule has 0 aliphatic rings. The van der Waals surface area contributed by atoms with Crippen molar-refractivity contribution < 1.29 is 9.53 Å². The molecular formula is C15H29NO2. The summed E-state index contributed by atoms with van der Waals surface area (Å²) >= 11 is 0. The number of hydrogen-bond acceptors (Lipinski definition) is 3. The second kappa shape index (κ2) is 10.1. The second-order valence-electron chi connectivity index (χ2n) is 5.13. The van der Waals surface area contributed by atoms with Crippen LogP contribution in [0.1, 0.15) is 52.9 Å². The molecule has 0 aromatic carbocycles. The molecule has 0 saturated heterocycles. The molecule has 106 valence electrons. The topological polar surface area (TPSA) is 38.3 Å². The molecule has 0 aliphatic heterocycles. The zero-order valence-electron chi connectivity index (χ0n) is 12.4. The van der Waals surface area contributed by atoms with E-state index in [1.54, 1.807) is 0 Å². The van der Waals surface area contributed by atoms with Gasteiger partial charge in [0.2, 0.25) is 0 Å². The molecule has 0 amide bonds. The number of carbonyl (C=O) groups excluding carboxylic acids is 1. The van der Waals surface area contributed by atoms with E-state index < -0.39 is 0 Å². The van der Waals surface area contributed by atoms with Crippen molar-refractivity contribution in [2.75, 3.05) is 7.11 Å². The minimum atomic E-state index is -0.221. The predicted molar refractivity (Wildman–Crippen MR) is 76.5 cm³/mol. The van der Waals surface area contributed by atoms with Crippen molar-refractivity contribution in [1.29, 1.82) is 0 Å². The fraction of sp³-hybridized carbons (Fsp3) is 0.800. The number of unbranched alkanes of at least 4 members (excludes halogenated alkanes) is 2. The molecule has 0 radical (unpaired) electrons. The number of ether oxygens (including phenoxy) is 1. The molecule has 0 aliphatic carbocycles. The maximum absolute atomic E-state index is 11.7. The zero-order valence-corrected chi connectivity index (χ0v) is 12.4. The molecule has 0 heterocycles. The Kier molecular flexibility index (Phi) is 9.66. The van der Waals surface area contributed by atoms with Gasteiger partial charge in [-0.25, -0.2) is 0 Å². The highest BCUT2D eigenvalue weighted by atomic mass is 16.5. The Morgan fingerprint density at radius 3 is 2.50 bits per heavy atom. The molecule has 0 fully saturated rings. The van der Waals surface area contributed by atoms with Crippen LogP contribution in [0.3, 0.4) is 0 Å². The monoisotopic (exact) mass is 255 g/mol. The highest BCUT2D eigenvalue weighted by Gasteiger charge is 2.25. The van der Waals surface area contributed by atoms with E-state index in [4.69, 9.17) is 4.74 Å². The third-order valence-electron chi connectivity index (χ3n) is 3.14. The normalized spacial score (nSPS) is 14.3. The van der Waals surface area contributed by atoms with Crippen LogP contribution in [0.5, 0.6) is 0 Å². The molecule has 0 unspecified atom stereocenters. The van der Waals surface area contributed by atoms with E-state index in [-0.39, 0.29) is 17.9 Å². The SMILES string of the molecule is C=CC[C@H](CCCCC)N[C@H](C(=O)OC)C(C)C. The molecular weight excluding hydrogens is 226 g/mol. The first-order chi connectivity index (χ1) is 8.56. The maximum atomic E-state index is 11.7. The number of carbonyl (C=O) groups is 1. The van der Waals surface area contributed by atoms with Crippen LogP contribution in [0.4, 0.5) is 0 Å². The summed E-state index contributed by atoms with van der Waals surface area (Å²) in [6.45, 7) is 10.1. The van der Waals surface area contributed by atoms with Gasteiger partial charge in [0.05, 0.1) is 7.11 Å². The lowest BCUT2D eigenvalue weighted by Gasteiger charge is -2.26. The van der Waals surface area contributed by atoms with Gasteiger partial charge in [-0.1, -0.05) is 46.1 Å². The summed E-state index contributed by atoms with van der Waals surface area (Å²) in [6, 6.07) is 0.0992. The first-order valence-corrected chi connectivity index (χ1v) is 7.01. The summed E-state index contributed by atoms with van der Waals surface area (Å²) in [6.07, 6.45) is 7.53. The lowest BCUT2D eigenvalue weighted by molar-refractivity contribution is -0.144. The van der Waals surface area contributed by atoms with Crippen LogP contribution in [0.15, 0.2) is 12.7 Å². The van der Waals surface area contributed by atoms with Gasteiger partial charge in [0.1, 0.15) is 6.04 Å². The number of esters is 1. The molecule has 3 nitrogen and oxygen atoms in total. The molecule has 0 bridgehead atoms. The minimum absolute atomic E-state index is 0.172. The van der Waals surface area contributed by atoms with Gasteiger partial charge in [0, 0.05) is 6.04 Å². The lowest BCUT2D eigenvalue weighted by atomic mass is 9.99. The number of methoxy groups -OCH3 is 1. The van der Waals surface area contributed by atoms with Crippen molar-refractivity contribution in [3.63, 3.8) is 0 Å². The molecule has 18 heavy (non-hydrogen) atoms. The average Bonchev–Trinajstić information content (AvgIpc) is 2.34. The average molecular weight is 255 g/mol. The van der Waals surface area contributed by atoms with E-state index in [9.17, 15) is 4.79 Å². The van der Waals surface area contributed by atoms with Crippen molar-refractivity contribution in [1.82, 2.24) is 5.32 Å². The minimum Gasteiger partial charge on any atom is -0.468 e. The van der Waals surface area contributed by atoms with Crippen LogP contribution in [0.25, 0.3) is 0 Å². The summed E-state index contributed by atoms with van der Waals surface area (Å²) in [4.78, 5) is 11.7.